The number of aromatic nitrogens is 2. The van der Waals surface area contributed by atoms with Crippen LogP contribution in [0.2, 0.25) is 0 Å². The van der Waals surface area contributed by atoms with Gasteiger partial charge in [-0.15, -0.1) is 0 Å². The van der Waals surface area contributed by atoms with E-state index in [0.717, 1.165) is 12.8 Å². The lowest BCUT2D eigenvalue weighted by Gasteiger charge is -2.15. The molecule has 1 aliphatic rings. The van der Waals surface area contributed by atoms with E-state index < -0.39 is 0 Å². The van der Waals surface area contributed by atoms with Gasteiger partial charge in [-0.3, -0.25) is 4.79 Å². The second-order valence-electron chi connectivity index (χ2n) is 6.54. The first-order valence-corrected chi connectivity index (χ1v) is 8.77. The molecule has 1 aliphatic carbocycles. The van der Waals surface area contributed by atoms with Gasteiger partial charge in [0.25, 0.3) is 5.91 Å². The molecule has 1 saturated carbocycles. The summed E-state index contributed by atoms with van der Waals surface area (Å²) in [5.41, 5.74) is 1.05. The van der Waals surface area contributed by atoms with Gasteiger partial charge in [0.15, 0.2) is 0 Å². The van der Waals surface area contributed by atoms with Gasteiger partial charge in [-0.25, -0.2) is 9.97 Å². The highest BCUT2D eigenvalue weighted by Gasteiger charge is 2.16. The number of carbonyl (C=O) groups excluding carboxylic acids is 1. The van der Waals surface area contributed by atoms with E-state index in [1.165, 1.54) is 12.8 Å². The van der Waals surface area contributed by atoms with Crippen LogP contribution in [0.3, 0.4) is 0 Å². The van der Waals surface area contributed by atoms with Crippen LogP contribution in [0.15, 0.2) is 36.7 Å². The molecule has 0 atom stereocenters. The van der Waals surface area contributed by atoms with Gasteiger partial charge in [0.05, 0.1) is 17.4 Å². The molecule has 6 nitrogen and oxygen atoms in total. The van der Waals surface area contributed by atoms with Gasteiger partial charge in [-0.2, -0.15) is 0 Å². The van der Waals surface area contributed by atoms with E-state index in [4.69, 9.17) is 4.74 Å². The Morgan fingerprint density at radius 3 is 2.52 bits per heavy atom. The molecule has 2 N–H and O–H groups in total. The number of para-hydroxylation sites is 2. The van der Waals surface area contributed by atoms with Gasteiger partial charge < -0.3 is 15.4 Å². The zero-order valence-corrected chi connectivity index (χ0v) is 14.7. The predicted molar refractivity (Wildman–Crippen MR) is 98.1 cm³/mol. The monoisotopic (exact) mass is 340 g/mol. The molecule has 0 saturated heterocycles. The fourth-order valence-electron chi connectivity index (χ4n) is 2.89. The number of nitrogens with one attached hydrogen (secondary N) is 2. The first kappa shape index (κ1) is 17.2. The van der Waals surface area contributed by atoms with Crippen LogP contribution in [0.25, 0.3) is 0 Å². The lowest BCUT2D eigenvalue weighted by atomic mass is 10.2. The van der Waals surface area contributed by atoms with Gasteiger partial charge in [-0.05, 0) is 38.8 Å². The van der Waals surface area contributed by atoms with Crippen molar-refractivity contribution < 1.29 is 9.53 Å². The quantitative estimate of drug-likeness (QED) is 0.835. The van der Waals surface area contributed by atoms with Crippen LogP contribution in [-0.4, -0.2) is 28.0 Å². The average molecular weight is 340 g/mol. The summed E-state index contributed by atoms with van der Waals surface area (Å²) in [6, 6.07) is 7.82. The van der Waals surface area contributed by atoms with Crippen LogP contribution >= 0.6 is 0 Å². The van der Waals surface area contributed by atoms with Crippen LogP contribution in [-0.2, 0) is 0 Å². The molecule has 0 spiro atoms. The van der Waals surface area contributed by atoms with Gasteiger partial charge in [0, 0.05) is 18.4 Å². The van der Waals surface area contributed by atoms with Crippen LogP contribution in [0.1, 0.15) is 49.9 Å². The van der Waals surface area contributed by atoms with E-state index in [-0.39, 0.29) is 12.0 Å². The summed E-state index contributed by atoms with van der Waals surface area (Å²) in [7, 11) is 0. The van der Waals surface area contributed by atoms with E-state index in [9.17, 15) is 4.79 Å². The minimum atomic E-state index is -0.257. The molecule has 0 radical (unpaired) electrons. The van der Waals surface area contributed by atoms with Crippen LogP contribution in [0.4, 0.5) is 11.6 Å². The first-order valence-electron chi connectivity index (χ1n) is 8.77. The largest absolute Gasteiger partial charge is 0.489 e. The number of rotatable bonds is 6. The van der Waals surface area contributed by atoms with Crippen LogP contribution in [0.5, 0.6) is 5.75 Å². The molecule has 1 amide bonds. The van der Waals surface area contributed by atoms with Crippen molar-refractivity contribution in [2.45, 2.75) is 51.7 Å². The molecule has 0 unspecified atom stereocenters. The third-order valence-electron chi connectivity index (χ3n) is 4.10. The maximum absolute atomic E-state index is 12.4. The van der Waals surface area contributed by atoms with Crippen molar-refractivity contribution in [3.05, 3.63) is 42.2 Å². The Labute approximate surface area is 148 Å². The number of hydrogen-bond acceptors (Lipinski definition) is 5. The molecule has 0 aliphatic heterocycles. The van der Waals surface area contributed by atoms with Crippen molar-refractivity contribution in [2.24, 2.45) is 0 Å². The second-order valence-corrected chi connectivity index (χ2v) is 6.54. The zero-order valence-electron chi connectivity index (χ0n) is 14.7. The highest BCUT2D eigenvalue weighted by Crippen LogP contribution is 2.25. The van der Waals surface area contributed by atoms with Crippen molar-refractivity contribution in [3.8, 4) is 5.75 Å². The number of carbonyl (C=O) groups is 1. The van der Waals surface area contributed by atoms with Gasteiger partial charge >= 0.3 is 0 Å². The Kier molecular flexibility index (Phi) is 5.48. The highest BCUT2D eigenvalue weighted by atomic mass is 16.5. The van der Waals surface area contributed by atoms with E-state index in [1.54, 1.807) is 12.4 Å². The first-order chi connectivity index (χ1) is 12.1. The smallest absolute Gasteiger partial charge is 0.258 e. The molecule has 6 heteroatoms. The Balaban J connectivity index is 1.65. The van der Waals surface area contributed by atoms with Crippen molar-refractivity contribution in [2.75, 3.05) is 10.6 Å². The molecule has 132 valence electrons. The number of anilines is 2. The Hall–Kier alpha value is -2.63. The average Bonchev–Trinajstić information content (AvgIpc) is 3.10. The normalized spacial score (nSPS) is 14.5. The fraction of sp³-hybridized carbons (Fsp3) is 0.421. The minimum Gasteiger partial charge on any atom is -0.489 e. The lowest BCUT2D eigenvalue weighted by Crippen LogP contribution is -2.18. The maximum Gasteiger partial charge on any atom is 0.258 e. The molecule has 1 heterocycles. The topological polar surface area (TPSA) is 76.1 Å². The van der Waals surface area contributed by atoms with Crippen LogP contribution in [0, 0.1) is 0 Å². The molecule has 2 aromatic rings. The van der Waals surface area contributed by atoms with Gasteiger partial charge in [-0.1, -0.05) is 25.0 Å². The Bertz CT molecular complexity index is 710. The van der Waals surface area contributed by atoms with E-state index in [2.05, 4.69) is 20.6 Å². The molecule has 3 rings (SSSR count). The molecule has 1 aromatic heterocycles. The van der Waals surface area contributed by atoms with Crippen LogP contribution < -0.4 is 15.4 Å². The SMILES string of the molecule is CC(C)Oc1ccccc1NC(=O)c1cnc(NC2CCCC2)nc1. The third-order valence-corrected chi connectivity index (χ3v) is 4.10. The lowest BCUT2D eigenvalue weighted by molar-refractivity contribution is 0.102. The number of nitrogens with zero attached hydrogens (tertiary/aromatic N) is 2. The summed E-state index contributed by atoms with van der Waals surface area (Å²) < 4.78 is 5.72. The van der Waals surface area contributed by atoms with Crippen molar-refractivity contribution in [1.29, 1.82) is 0 Å². The number of benzene rings is 1. The van der Waals surface area contributed by atoms with Gasteiger partial charge in [0.2, 0.25) is 5.95 Å². The standard InChI is InChI=1S/C19H24N4O2/c1-13(2)25-17-10-6-5-9-16(17)23-18(24)14-11-20-19(21-12-14)22-15-7-3-4-8-15/h5-6,9-13,15H,3-4,7-8H2,1-2H3,(H,23,24)(H,20,21,22). The second kappa shape index (κ2) is 7.96. The fourth-order valence-corrected chi connectivity index (χ4v) is 2.89. The van der Waals surface area contributed by atoms with Gasteiger partial charge in [0.1, 0.15) is 5.75 Å². The Morgan fingerprint density at radius 1 is 1.16 bits per heavy atom. The van der Waals surface area contributed by atoms with Crippen molar-refractivity contribution in [3.63, 3.8) is 0 Å². The van der Waals surface area contributed by atoms with E-state index >= 15 is 0 Å². The molecule has 1 fully saturated rings. The molecular formula is C19H24N4O2. The third kappa shape index (κ3) is 4.68. The Morgan fingerprint density at radius 2 is 1.84 bits per heavy atom. The summed E-state index contributed by atoms with van der Waals surface area (Å²) in [6.07, 6.45) is 7.92. The minimum absolute atomic E-state index is 0.0299. The van der Waals surface area contributed by atoms with E-state index in [0.29, 0.717) is 29.0 Å². The summed E-state index contributed by atoms with van der Waals surface area (Å²) >= 11 is 0. The summed E-state index contributed by atoms with van der Waals surface area (Å²) in [6.45, 7) is 3.89. The van der Waals surface area contributed by atoms with E-state index in [1.807, 2.05) is 38.1 Å². The van der Waals surface area contributed by atoms with Crippen molar-refractivity contribution >= 4 is 17.5 Å². The zero-order chi connectivity index (χ0) is 17.6. The number of ether oxygens (including phenoxy) is 1. The molecule has 1 aromatic carbocycles. The summed E-state index contributed by atoms with van der Waals surface area (Å²) in [5.74, 6) is 0.963. The molecule has 0 bridgehead atoms. The molecule has 25 heavy (non-hydrogen) atoms. The summed E-state index contributed by atoms with van der Waals surface area (Å²) in [5, 5.41) is 6.17. The van der Waals surface area contributed by atoms with Crippen molar-refractivity contribution in [1.82, 2.24) is 9.97 Å². The number of hydrogen-bond donors (Lipinski definition) is 2. The predicted octanol–water partition coefficient (Wildman–Crippen LogP) is 3.87. The summed E-state index contributed by atoms with van der Waals surface area (Å²) in [4.78, 5) is 21.0. The maximum atomic E-state index is 12.4. The molecular weight excluding hydrogens is 316 g/mol. The number of amides is 1. The highest BCUT2D eigenvalue weighted by molar-refractivity contribution is 6.04.